The zero-order valence-corrected chi connectivity index (χ0v) is 22.9. The summed E-state index contributed by atoms with van der Waals surface area (Å²) in [4.78, 5) is 7.29. The summed E-state index contributed by atoms with van der Waals surface area (Å²) < 4.78 is 36.2. The Kier molecular flexibility index (Phi) is 7.20. The Morgan fingerprint density at radius 3 is 2.10 bits per heavy atom. The van der Waals surface area contributed by atoms with Crippen LogP contribution in [0.15, 0.2) is 53.5 Å². The molecule has 3 aliphatic heterocycles. The molecule has 0 radical (unpaired) electrons. The Balaban J connectivity index is 1.40. The molecule has 39 heavy (non-hydrogen) atoms. The van der Waals surface area contributed by atoms with Crippen molar-refractivity contribution < 1.29 is 28.4 Å². The molecule has 0 N–H and O–H groups in total. The van der Waals surface area contributed by atoms with Crippen molar-refractivity contribution in [1.82, 2.24) is 4.90 Å². The van der Waals surface area contributed by atoms with E-state index in [2.05, 4.69) is 56.1 Å². The van der Waals surface area contributed by atoms with Crippen molar-refractivity contribution in [3.05, 3.63) is 59.7 Å². The van der Waals surface area contributed by atoms with E-state index in [9.17, 15) is 0 Å². The van der Waals surface area contributed by atoms with Crippen molar-refractivity contribution in [2.24, 2.45) is 4.99 Å². The van der Waals surface area contributed by atoms with Crippen LogP contribution in [-0.4, -0.2) is 76.6 Å². The molecule has 3 aliphatic rings. The van der Waals surface area contributed by atoms with Crippen LogP contribution in [0.2, 0.25) is 0 Å². The number of hydrogen-bond acceptors (Lipinski definition) is 8. The summed E-state index contributed by atoms with van der Waals surface area (Å²) in [5.74, 6) is 2.10. The molecule has 0 bridgehead atoms. The number of fused-ring (bicyclic) bond motifs is 6. The standard InChI is InChI=1S/C31H36N2O6/c1-30(2)20-23-18-27-28(38-17-15-36-13-11-34-10-12-35-14-16-37-27)19-25(23)31(33(30)3)21-32-29-24-7-5-4-6-22(24)8-9-26(29)39-31/h4-9,18-19,21H,10-17,20H2,1-3H3. The lowest BCUT2D eigenvalue weighted by atomic mass is 9.79. The van der Waals surface area contributed by atoms with Gasteiger partial charge in [-0.15, -0.1) is 0 Å². The van der Waals surface area contributed by atoms with Crippen LogP contribution in [0.4, 0.5) is 5.69 Å². The van der Waals surface area contributed by atoms with Gasteiger partial charge in [0.25, 0.3) is 0 Å². The van der Waals surface area contributed by atoms with Gasteiger partial charge in [-0.3, -0.25) is 9.89 Å². The van der Waals surface area contributed by atoms with E-state index in [1.54, 1.807) is 0 Å². The lowest BCUT2D eigenvalue weighted by molar-refractivity contribution is -0.0803. The third-order valence-corrected chi connectivity index (χ3v) is 7.80. The van der Waals surface area contributed by atoms with Crippen molar-refractivity contribution >= 4 is 22.7 Å². The first kappa shape index (κ1) is 26.1. The van der Waals surface area contributed by atoms with Crippen molar-refractivity contribution in [3.63, 3.8) is 0 Å². The number of ether oxygens (including phenoxy) is 6. The quantitative estimate of drug-likeness (QED) is 0.409. The second-order valence-corrected chi connectivity index (χ2v) is 10.7. The van der Waals surface area contributed by atoms with Gasteiger partial charge in [0.2, 0.25) is 5.72 Å². The van der Waals surface area contributed by atoms with Gasteiger partial charge in [0.1, 0.15) is 24.7 Å². The zero-order chi connectivity index (χ0) is 26.9. The van der Waals surface area contributed by atoms with E-state index in [1.165, 1.54) is 0 Å². The normalized spacial score (nSPS) is 23.8. The first-order chi connectivity index (χ1) is 19.0. The number of likely N-dealkylation sites (N-methyl/N-ethyl adjacent to an activating group) is 1. The van der Waals surface area contributed by atoms with E-state index in [4.69, 9.17) is 33.4 Å². The highest BCUT2D eigenvalue weighted by atomic mass is 16.6. The highest BCUT2D eigenvalue weighted by Crippen LogP contribution is 2.50. The number of rotatable bonds is 0. The highest BCUT2D eigenvalue weighted by Gasteiger charge is 2.51. The molecule has 206 valence electrons. The molecule has 1 unspecified atom stereocenters. The summed E-state index contributed by atoms with van der Waals surface area (Å²) in [6.45, 7) is 8.28. The average Bonchev–Trinajstić information content (AvgIpc) is 2.95. The van der Waals surface area contributed by atoms with Gasteiger partial charge in [-0.2, -0.15) is 0 Å². The Hall–Kier alpha value is -3.17. The van der Waals surface area contributed by atoms with Gasteiger partial charge < -0.3 is 28.4 Å². The van der Waals surface area contributed by atoms with Gasteiger partial charge in [0.15, 0.2) is 11.5 Å². The third-order valence-electron chi connectivity index (χ3n) is 7.80. The van der Waals surface area contributed by atoms with Gasteiger partial charge in [-0.25, -0.2) is 0 Å². The SMILES string of the molecule is CN1C(C)(C)Cc2cc3c(cc2C12C=Nc1c(ccc4ccccc14)O2)OCCOCCOCCOCCO3. The molecule has 8 heteroatoms. The second-order valence-electron chi connectivity index (χ2n) is 10.7. The summed E-state index contributed by atoms with van der Waals surface area (Å²) in [6.07, 6.45) is 2.76. The minimum atomic E-state index is -0.904. The van der Waals surface area contributed by atoms with Gasteiger partial charge in [0, 0.05) is 16.5 Å². The zero-order valence-electron chi connectivity index (χ0n) is 22.9. The molecular weight excluding hydrogens is 496 g/mol. The van der Waals surface area contributed by atoms with Gasteiger partial charge >= 0.3 is 0 Å². The largest absolute Gasteiger partial charge is 0.487 e. The fourth-order valence-corrected chi connectivity index (χ4v) is 5.56. The predicted molar refractivity (Wildman–Crippen MR) is 150 cm³/mol. The van der Waals surface area contributed by atoms with Crippen LogP contribution >= 0.6 is 0 Å². The lowest BCUT2D eigenvalue weighted by Crippen LogP contribution is -2.62. The molecule has 3 heterocycles. The summed E-state index contributed by atoms with van der Waals surface area (Å²) in [6, 6.07) is 16.5. The molecule has 1 atom stereocenters. The van der Waals surface area contributed by atoms with E-state index in [0.29, 0.717) is 64.4 Å². The Bertz CT molecular complexity index is 1370. The minimum Gasteiger partial charge on any atom is -0.487 e. The van der Waals surface area contributed by atoms with E-state index < -0.39 is 5.72 Å². The van der Waals surface area contributed by atoms with Crippen LogP contribution in [0.1, 0.15) is 25.0 Å². The summed E-state index contributed by atoms with van der Waals surface area (Å²) in [5, 5.41) is 2.21. The maximum Gasteiger partial charge on any atom is 0.226 e. The molecule has 0 amide bonds. The maximum atomic E-state index is 6.94. The third kappa shape index (κ3) is 4.98. The maximum absolute atomic E-state index is 6.94. The van der Waals surface area contributed by atoms with E-state index >= 15 is 0 Å². The molecule has 3 aromatic rings. The molecule has 3 aromatic carbocycles. The summed E-state index contributed by atoms with van der Waals surface area (Å²) >= 11 is 0. The highest BCUT2D eigenvalue weighted by molar-refractivity contribution is 5.98. The van der Waals surface area contributed by atoms with Crippen LogP contribution in [0.3, 0.4) is 0 Å². The fourth-order valence-electron chi connectivity index (χ4n) is 5.56. The van der Waals surface area contributed by atoms with Crippen LogP contribution in [0, 0.1) is 0 Å². The van der Waals surface area contributed by atoms with Crippen molar-refractivity contribution in [3.8, 4) is 17.2 Å². The van der Waals surface area contributed by atoms with Crippen LogP contribution < -0.4 is 14.2 Å². The topological polar surface area (TPSA) is 71.0 Å². The van der Waals surface area contributed by atoms with Crippen LogP contribution in [0.5, 0.6) is 17.2 Å². The van der Waals surface area contributed by atoms with Gasteiger partial charge in [-0.1, -0.05) is 30.3 Å². The molecule has 0 aromatic heterocycles. The number of hydrogen-bond donors (Lipinski definition) is 0. The summed E-state index contributed by atoms with van der Waals surface area (Å²) in [7, 11) is 2.10. The van der Waals surface area contributed by atoms with E-state index in [-0.39, 0.29) is 5.54 Å². The molecule has 0 saturated carbocycles. The Morgan fingerprint density at radius 1 is 0.744 bits per heavy atom. The van der Waals surface area contributed by atoms with Crippen molar-refractivity contribution in [1.29, 1.82) is 0 Å². The first-order valence-corrected chi connectivity index (χ1v) is 13.6. The smallest absolute Gasteiger partial charge is 0.226 e. The average molecular weight is 533 g/mol. The molecule has 1 spiro atoms. The van der Waals surface area contributed by atoms with Crippen LogP contribution in [0.25, 0.3) is 10.8 Å². The molecule has 0 aliphatic carbocycles. The second kappa shape index (κ2) is 10.8. The monoisotopic (exact) mass is 532 g/mol. The Labute approximate surface area is 229 Å². The van der Waals surface area contributed by atoms with E-state index in [1.807, 2.05) is 24.4 Å². The predicted octanol–water partition coefficient (Wildman–Crippen LogP) is 4.88. The van der Waals surface area contributed by atoms with E-state index in [0.717, 1.165) is 39.8 Å². The van der Waals surface area contributed by atoms with Gasteiger partial charge in [0.05, 0.1) is 45.9 Å². The van der Waals surface area contributed by atoms with Crippen LogP contribution in [-0.2, 0) is 26.4 Å². The molecule has 0 saturated heterocycles. The summed E-state index contributed by atoms with van der Waals surface area (Å²) in [5.41, 5.74) is 1.88. The fraction of sp³-hybridized carbons (Fsp3) is 0.452. The lowest BCUT2D eigenvalue weighted by Gasteiger charge is -2.53. The van der Waals surface area contributed by atoms with Crippen molar-refractivity contribution in [2.75, 3.05) is 59.9 Å². The minimum absolute atomic E-state index is 0.209. The molecule has 8 nitrogen and oxygen atoms in total. The molecule has 0 fully saturated rings. The molecule has 6 rings (SSSR count). The molecular formula is C31H36N2O6. The number of nitrogens with zero attached hydrogens (tertiary/aromatic N) is 2. The number of aliphatic imine (C=N–C) groups is 1. The Morgan fingerprint density at radius 2 is 1.38 bits per heavy atom. The van der Waals surface area contributed by atoms with Crippen molar-refractivity contribution in [2.45, 2.75) is 31.5 Å². The first-order valence-electron chi connectivity index (χ1n) is 13.6. The van der Waals surface area contributed by atoms with Gasteiger partial charge in [-0.05, 0) is 56.5 Å². The number of benzene rings is 3.